The van der Waals surface area contributed by atoms with Crippen molar-refractivity contribution in [2.24, 2.45) is 0 Å². The summed E-state index contributed by atoms with van der Waals surface area (Å²) < 4.78 is 10.2. The van der Waals surface area contributed by atoms with Crippen LogP contribution in [0.5, 0.6) is 0 Å². The summed E-state index contributed by atoms with van der Waals surface area (Å²) in [6.07, 6.45) is 1.30. The van der Waals surface area contributed by atoms with Crippen LogP contribution in [0.3, 0.4) is 0 Å². The summed E-state index contributed by atoms with van der Waals surface area (Å²) in [6.45, 7) is -0.407. The summed E-state index contributed by atoms with van der Waals surface area (Å²) in [6, 6.07) is 14.4. The van der Waals surface area contributed by atoms with Crippen LogP contribution in [0.4, 0.5) is 5.13 Å². The van der Waals surface area contributed by atoms with E-state index in [1.807, 2.05) is 35.7 Å². The zero-order valence-corrected chi connectivity index (χ0v) is 14.7. The van der Waals surface area contributed by atoms with Gasteiger partial charge in [-0.2, -0.15) is 0 Å². The van der Waals surface area contributed by atoms with Gasteiger partial charge < -0.3 is 9.15 Å². The monoisotopic (exact) mass is 379 g/mol. The Balaban J connectivity index is 1.34. The number of benzene rings is 2. The highest BCUT2D eigenvalue weighted by molar-refractivity contribution is 7.14. The summed E-state index contributed by atoms with van der Waals surface area (Å²) in [4.78, 5) is 32.4. The normalized spacial score (nSPS) is 10.7. The molecule has 0 unspecified atom stereocenters. The third kappa shape index (κ3) is 3.85. The van der Waals surface area contributed by atoms with Gasteiger partial charge in [0.2, 0.25) is 0 Å². The van der Waals surface area contributed by atoms with Crippen molar-refractivity contribution in [1.82, 2.24) is 9.97 Å². The van der Waals surface area contributed by atoms with E-state index >= 15 is 0 Å². The predicted molar refractivity (Wildman–Crippen MR) is 100 cm³/mol. The number of carbonyl (C=O) groups is 2. The molecule has 0 aliphatic heterocycles. The lowest BCUT2D eigenvalue weighted by molar-refractivity contribution is -0.119. The Labute approximate surface area is 157 Å². The summed E-state index contributed by atoms with van der Waals surface area (Å²) in [5.41, 5.74) is 3.15. The number of hydrogen-bond donors (Lipinski definition) is 1. The fourth-order valence-electron chi connectivity index (χ4n) is 2.43. The molecule has 2 aromatic heterocycles. The van der Waals surface area contributed by atoms with Crippen molar-refractivity contribution < 1.29 is 18.7 Å². The molecule has 134 valence electrons. The van der Waals surface area contributed by atoms with Crippen LogP contribution in [0.2, 0.25) is 0 Å². The lowest BCUT2D eigenvalue weighted by Gasteiger charge is -2.04. The molecule has 7 nitrogen and oxygen atoms in total. The fourth-order valence-corrected chi connectivity index (χ4v) is 3.16. The minimum absolute atomic E-state index is 0.296. The van der Waals surface area contributed by atoms with Crippen molar-refractivity contribution in [3.05, 3.63) is 65.9 Å². The maximum atomic E-state index is 12.1. The number of thiazole rings is 1. The lowest BCUT2D eigenvalue weighted by atomic mass is 10.2. The minimum Gasteiger partial charge on any atom is -0.452 e. The smallest absolute Gasteiger partial charge is 0.338 e. The zero-order valence-electron chi connectivity index (χ0n) is 13.9. The van der Waals surface area contributed by atoms with Gasteiger partial charge in [-0.15, -0.1) is 11.3 Å². The number of anilines is 1. The highest BCUT2D eigenvalue weighted by Crippen LogP contribution is 2.24. The second-order valence-electron chi connectivity index (χ2n) is 5.56. The second kappa shape index (κ2) is 7.38. The van der Waals surface area contributed by atoms with E-state index in [1.165, 1.54) is 17.7 Å². The first kappa shape index (κ1) is 16.9. The maximum absolute atomic E-state index is 12.1. The van der Waals surface area contributed by atoms with Gasteiger partial charge in [0.05, 0.1) is 11.3 Å². The van der Waals surface area contributed by atoms with Crippen LogP contribution in [0.25, 0.3) is 22.4 Å². The number of fused-ring (bicyclic) bond motifs is 1. The van der Waals surface area contributed by atoms with Crippen molar-refractivity contribution in [2.75, 3.05) is 11.9 Å². The number of aromatic nitrogens is 2. The molecule has 8 heteroatoms. The molecule has 0 radical (unpaired) electrons. The number of hydrogen-bond acceptors (Lipinski definition) is 7. The van der Waals surface area contributed by atoms with Gasteiger partial charge in [-0.05, 0) is 18.2 Å². The number of amides is 1. The van der Waals surface area contributed by atoms with Crippen LogP contribution in [0, 0.1) is 0 Å². The SMILES string of the molecule is O=C(COC(=O)c1ccc2ocnc2c1)Nc1nc(-c2ccccc2)cs1. The molecule has 4 aromatic rings. The number of carbonyl (C=O) groups excluding carboxylic acids is 2. The summed E-state index contributed by atoms with van der Waals surface area (Å²) >= 11 is 1.30. The third-order valence-electron chi connectivity index (χ3n) is 3.72. The van der Waals surface area contributed by atoms with E-state index < -0.39 is 18.5 Å². The Kier molecular flexibility index (Phi) is 4.63. The van der Waals surface area contributed by atoms with E-state index in [9.17, 15) is 9.59 Å². The number of nitrogens with one attached hydrogen (secondary N) is 1. The number of rotatable bonds is 5. The van der Waals surface area contributed by atoms with Crippen LogP contribution in [-0.2, 0) is 9.53 Å². The Morgan fingerprint density at radius 2 is 2.00 bits per heavy atom. The van der Waals surface area contributed by atoms with Crippen LogP contribution in [-0.4, -0.2) is 28.5 Å². The van der Waals surface area contributed by atoms with Gasteiger partial charge in [0.25, 0.3) is 5.91 Å². The van der Waals surface area contributed by atoms with Gasteiger partial charge in [-0.1, -0.05) is 30.3 Å². The van der Waals surface area contributed by atoms with Gasteiger partial charge in [0.15, 0.2) is 23.7 Å². The molecule has 0 spiro atoms. The quantitative estimate of drug-likeness (QED) is 0.531. The molecule has 0 saturated carbocycles. The topological polar surface area (TPSA) is 94.3 Å². The van der Waals surface area contributed by atoms with E-state index in [4.69, 9.17) is 9.15 Å². The molecule has 0 aliphatic carbocycles. The number of nitrogens with zero attached hydrogens (tertiary/aromatic N) is 2. The fraction of sp³-hybridized carbons (Fsp3) is 0.0526. The molecule has 2 aromatic carbocycles. The van der Waals surface area contributed by atoms with Crippen molar-refractivity contribution in [3.8, 4) is 11.3 Å². The summed E-state index contributed by atoms with van der Waals surface area (Å²) in [7, 11) is 0. The average Bonchev–Trinajstić information content (AvgIpc) is 3.35. The van der Waals surface area contributed by atoms with Crippen molar-refractivity contribution in [2.45, 2.75) is 0 Å². The molecule has 0 bridgehead atoms. The summed E-state index contributed by atoms with van der Waals surface area (Å²) in [5, 5.41) is 4.92. The van der Waals surface area contributed by atoms with Crippen LogP contribution in [0.1, 0.15) is 10.4 Å². The molecule has 2 heterocycles. The Morgan fingerprint density at radius 3 is 2.85 bits per heavy atom. The van der Waals surface area contributed by atoms with Crippen LogP contribution >= 0.6 is 11.3 Å². The predicted octanol–water partition coefficient (Wildman–Crippen LogP) is 3.75. The Bertz CT molecular complexity index is 1100. The standard InChI is InChI=1S/C19H13N3O4S/c23-17(22-19-21-15(10-27-19)12-4-2-1-3-5-12)9-25-18(24)13-6-7-16-14(8-13)20-11-26-16/h1-8,10-11H,9H2,(H,21,22,23). The average molecular weight is 379 g/mol. The molecule has 0 aliphatic rings. The third-order valence-corrected chi connectivity index (χ3v) is 4.48. The number of oxazole rings is 1. The molecule has 0 saturated heterocycles. The Hall–Kier alpha value is -3.52. The van der Waals surface area contributed by atoms with Gasteiger partial charge in [-0.25, -0.2) is 14.8 Å². The molecular weight excluding hydrogens is 366 g/mol. The minimum atomic E-state index is -0.612. The largest absolute Gasteiger partial charge is 0.452 e. The molecule has 1 amide bonds. The highest BCUT2D eigenvalue weighted by atomic mass is 32.1. The van der Waals surface area contributed by atoms with Crippen molar-refractivity contribution in [3.63, 3.8) is 0 Å². The zero-order chi connectivity index (χ0) is 18.6. The first-order valence-electron chi connectivity index (χ1n) is 8.00. The van der Waals surface area contributed by atoms with E-state index in [1.54, 1.807) is 18.2 Å². The second-order valence-corrected chi connectivity index (χ2v) is 6.42. The van der Waals surface area contributed by atoms with Gasteiger partial charge >= 0.3 is 5.97 Å². The number of ether oxygens (including phenoxy) is 1. The lowest BCUT2D eigenvalue weighted by Crippen LogP contribution is -2.20. The molecule has 1 N–H and O–H groups in total. The van der Waals surface area contributed by atoms with E-state index in [0.717, 1.165) is 11.3 Å². The van der Waals surface area contributed by atoms with Crippen molar-refractivity contribution >= 4 is 39.4 Å². The maximum Gasteiger partial charge on any atom is 0.338 e. The van der Waals surface area contributed by atoms with Gasteiger partial charge in [-0.3, -0.25) is 10.1 Å². The first-order valence-corrected chi connectivity index (χ1v) is 8.88. The van der Waals surface area contributed by atoms with E-state index in [0.29, 0.717) is 21.8 Å². The molecule has 0 fully saturated rings. The van der Waals surface area contributed by atoms with Gasteiger partial charge in [0.1, 0.15) is 5.52 Å². The highest BCUT2D eigenvalue weighted by Gasteiger charge is 2.13. The van der Waals surface area contributed by atoms with E-state index in [2.05, 4.69) is 15.3 Å². The molecular formula is C19H13N3O4S. The molecule has 0 atom stereocenters. The molecule has 27 heavy (non-hydrogen) atoms. The first-order chi connectivity index (χ1) is 13.2. The van der Waals surface area contributed by atoms with Gasteiger partial charge in [0, 0.05) is 10.9 Å². The van der Waals surface area contributed by atoms with Crippen LogP contribution in [0.15, 0.2) is 64.7 Å². The Morgan fingerprint density at radius 1 is 1.15 bits per heavy atom. The number of esters is 1. The van der Waals surface area contributed by atoms with E-state index in [-0.39, 0.29) is 0 Å². The van der Waals surface area contributed by atoms with Crippen LogP contribution < -0.4 is 5.32 Å². The summed E-state index contributed by atoms with van der Waals surface area (Å²) in [5.74, 6) is -1.07. The van der Waals surface area contributed by atoms with Crippen molar-refractivity contribution in [1.29, 1.82) is 0 Å². The molecule has 4 rings (SSSR count).